The summed E-state index contributed by atoms with van der Waals surface area (Å²) in [4.78, 5) is 8.95. The van der Waals surface area contributed by atoms with Crippen molar-refractivity contribution >= 4 is 44.8 Å². The summed E-state index contributed by atoms with van der Waals surface area (Å²) in [7, 11) is -1.86. The number of nitrogens with zero attached hydrogens (tertiary/aromatic N) is 2. The lowest BCUT2D eigenvalue weighted by atomic mass is 10.1. The molecule has 10 heteroatoms. The van der Waals surface area contributed by atoms with E-state index >= 15 is 0 Å². The molecule has 1 aromatic heterocycles. The van der Waals surface area contributed by atoms with Crippen molar-refractivity contribution < 1.29 is 13.2 Å². The number of ether oxygens (including phenoxy) is 1. The minimum Gasteiger partial charge on any atom is -0.496 e. The van der Waals surface area contributed by atoms with Gasteiger partial charge in [-0.25, -0.2) is 18.1 Å². The van der Waals surface area contributed by atoms with Crippen LogP contribution in [0.5, 0.6) is 5.75 Å². The molecular formula is C21H22ClN5O3S. The standard InChI is InChI=1S/C21H22ClN5O3S/c1-12-8-16(9-13(2)19(12)30-3)26-21-23-11-17(22)20(27-21)25-15-5-4-14-6-7-24-31(28,29)18(14)10-15/h4-5,8-11,24H,6-7H2,1-3H3,(H2,23,25,26,27). The summed E-state index contributed by atoms with van der Waals surface area (Å²) < 4.78 is 32.5. The third-order valence-electron chi connectivity index (χ3n) is 4.97. The first-order chi connectivity index (χ1) is 14.8. The highest BCUT2D eigenvalue weighted by Gasteiger charge is 2.23. The van der Waals surface area contributed by atoms with E-state index in [9.17, 15) is 8.42 Å². The molecule has 31 heavy (non-hydrogen) atoms. The van der Waals surface area contributed by atoms with Crippen LogP contribution in [-0.2, 0) is 16.4 Å². The second kappa shape index (κ2) is 8.33. The quantitative estimate of drug-likeness (QED) is 0.528. The lowest BCUT2D eigenvalue weighted by Crippen LogP contribution is -2.31. The highest BCUT2D eigenvalue weighted by atomic mass is 35.5. The Morgan fingerprint density at radius 2 is 1.84 bits per heavy atom. The van der Waals surface area contributed by atoms with Gasteiger partial charge in [-0.1, -0.05) is 17.7 Å². The number of hydrogen-bond donors (Lipinski definition) is 3. The normalized spacial score (nSPS) is 14.6. The molecule has 0 saturated heterocycles. The fraction of sp³-hybridized carbons (Fsp3) is 0.238. The Hall–Kier alpha value is -2.88. The maximum atomic E-state index is 12.3. The summed E-state index contributed by atoms with van der Waals surface area (Å²) in [5.74, 6) is 1.55. The molecule has 1 aliphatic rings. The molecule has 162 valence electrons. The van der Waals surface area contributed by atoms with Crippen LogP contribution in [0.15, 0.2) is 41.4 Å². The van der Waals surface area contributed by atoms with Gasteiger partial charge in [0.25, 0.3) is 0 Å². The van der Waals surface area contributed by atoms with Gasteiger partial charge in [0.1, 0.15) is 10.8 Å². The number of nitrogens with one attached hydrogen (secondary N) is 3. The molecule has 0 atom stereocenters. The van der Waals surface area contributed by atoms with Crippen LogP contribution in [-0.4, -0.2) is 32.0 Å². The van der Waals surface area contributed by atoms with Gasteiger partial charge in [-0.05, 0) is 61.2 Å². The van der Waals surface area contributed by atoms with E-state index < -0.39 is 10.0 Å². The lowest BCUT2D eigenvalue weighted by molar-refractivity contribution is 0.408. The number of rotatable bonds is 5. The first kappa shape index (κ1) is 21.4. The van der Waals surface area contributed by atoms with Gasteiger partial charge in [0.2, 0.25) is 16.0 Å². The first-order valence-corrected chi connectivity index (χ1v) is 11.5. The molecule has 0 amide bonds. The Morgan fingerprint density at radius 3 is 2.55 bits per heavy atom. The number of fused-ring (bicyclic) bond motifs is 1. The summed E-state index contributed by atoms with van der Waals surface area (Å²) in [6, 6.07) is 9.07. The van der Waals surface area contributed by atoms with Crippen LogP contribution < -0.4 is 20.1 Å². The fourth-order valence-electron chi connectivity index (χ4n) is 3.61. The molecule has 3 N–H and O–H groups in total. The molecule has 0 saturated carbocycles. The number of sulfonamides is 1. The first-order valence-electron chi connectivity index (χ1n) is 9.61. The van der Waals surface area contributed by atoms with Crippen molar-refractivity contribution in [3.8, 4) is 5.75 Å². The molecule has 2 aromatic carbocycles. The summed E-state index contributed by atoms with van der Waals surface area (Å²) in [5, 5.41) is 6.57. The van der Waals surface area contributed by atoms with E-state index in [1.165, 1.54) is 6.20 Å². The van der Waals surface area contributed by atoms with Gasteiger partial charge in [0.15, 0.2) is 5.82 Å². The number of hydrogen-bond acceptors (Lipinski definition) is 7. The van der Waals surface area contributed by atoms with Crippen molar-refractivity contribution in [2.45, 2.75) is 25.2 Å². The zero-order chi connectivity index (χ0) is 22.2. The molecule has 4 rings (SSSR count). The topological polar surface area (TPSA) is 105 Å². The van der Waals surface area contributed by atoms with Crippen LogP contribution >= 0.6 is 11.6 Å². The van der Waals surface area contributed by atoms with Crippen LogP contribution in [0.25, 0.3) is 0 Å². The highest BCUT2D eigenvalue weighted by molar-refractivity contribution is 7.89. The average molecular weight is 460 g/mol. The molecule has 0 unspecified atom stereocenters. The van der Waals surface area contributed by atoms with E-state index in [0.29, 0.717) is 35.4 Å². The summed E-state index contributed by atoms with van der Waals surface area (Å²) in [5.41, 5.74) is 4.14. The molecule has 3 aromatic rings. The molecule has 2 heterocycles. The zero-order valence-electron chi connectivity index (χ0n) is 17.3. The van der Waals surface area contributed by atoms with Gasteiger partial charge >= 0.3 is 0 Å². The third-order valence-corrected chi connectivity index (χ3v) is 6.79. The number of benzene rings is 2. The van der Waals surface area contributed by atoms with Crippen molar-refractivity contribution in [3.05, 3.63) is 58.2 Å². The second-order valence-electron chi connectivity index (χ2n) is 7.25. The number of methoxy groups -OCH3 is 1. The molecule has 0 radical (unpaired) electrons. The van der Waals surface area contributed by atoms with Crippen LogP contribution in [0.4, 0.5) is 23.1 Å². The molecular weight excluding hydrogens is 438 g/mol. The SMILES string of the molecule is COc1c(C)cc(Nc2ncc(Cl)c(Nc3ccc4c(c3)S(=O)(=O)NCC4)n2)cc1C. The molecule has 0 spiro atoms. The molecule has 0 fully saturated rings. The Bertz CT molecular complexity index is 1240. The Kier molecular flexibility index (Phi) is 5.74. The smallest absolute Gasteiger partial charge is 0.240 e. The molecule has 0 aliphatic carbocycles. The van der Waals surface area contributed by atoms with Crippen molar-refractivity contribution in [3.63, 3.8) is 0 Å². The maximum Gasteiger partial charge on any atom is 0.240 e. The van der Waals surface area contributed by atoms with E-state index in [0.717, 1.165) is 28.1 Å². The van der Waals surface area contributed by atoms with E-state index in [4.69, 9.17) is 16.3 Å². The van der Waals surface area contributed by atoms with Crippen molar-refractivity contribution in [2.75, 3.05) is 24.3 Å². The number of halogens is 1. The summed E-state index contributed by atoms with van der Waals surface area (Å²) >= 11 is 6.28. The molecule has 0 bridgehead atoms. The lowest BCUT2D eigenvalue weighted by Gasteiger charge is -2.18. The summed E-state index contributed by atoms with van der Waals surface area (Å²) in [6.45, 7) is 4.33. The zero-order valence-corrected chi connectivity index (χ0v) is 18.9. The molecule has 8 nitrogen and oxygen atoms in total. The maximum absolute atomic E-state index is 12.3. The van der Waals surface area contributed by atoms with Crippen LogP contribution in [0.1, 0.15) is 16.7 Å². The van der Waals surface area contributed by atoms with Gasteiger partial charge in [0.05, 0.1) is 18.2 Å². The predicted molar refractivity (Wildman–Crippen MR) is 121 cm³/mol. The number of aryl methyl sites for hydroxylation is 2. The Balaban J connectivity index is 1.61. The number of aromatic nitrogens is 2. The largest absolute Gasteiger partial charge is 0.496 e. The van der Waals surface area contributed by atoms with Gasteiger partial charge in [-0.15, -0.1) is 0 Å². The Morgan fingerprint density at radius 1 is 1.10 bits per heavy atom. The van der Waals surface area contributed by atoms with Crippen molar-refractivity contribution in [1.82, 2.24) is 14.7 Å². The van der Waals surface area contributed by atoms with E-state index in [1.54, 1.807) is 25.3 Å². The second-order valence-corrected chi connectivity index (χ2v) is 9.40. The summed E-state index contributed by atoms with van der Waals surface area (Å²) in [6.07, 6.45) is 2.14. The van der Waals surface area contributed by atoms with E-state index in [2.05, 4.69) is 25.3 Å². The number of anilines is 4. The minimum absolute atomic E-state index is 0.261. The van der Waals surface area contributed by atoms with Gasteiger partial charge in [-0.2, -0.15) is 4.98 Å². The van der Waals surface area contributed by atoms with Gasteiger partial charge in [-0.3, -0.25) is 0 Å². The highest BCUT2D eigenvalue weighted by Crippen LogP contribution is 2.30. The predicted octanol–water partition coefficient (Wildman–Crippen LogP) is 4.08. The average Bonchev–Trinajstić information content (AvgIpc) is 2.71. The van der Waals surface area contributed by atoms with E-state index in [1.807, 2.05) is 26.0 Å². The third kappa shape index (κ3) is 4.43. The van der Waals surface area contributed by atoms with Gasteiger partial charge < -0.3 is 15.4 Å². The monoisotopic (exact) mass is 459 g/mol. The molecule has 1 aliphatic heterocycles. The van der Waals surface area contributed by atoms with Crippen molar-refractivity contribution in [1.29, 1.82) is 0 Å². The van der Waals surface area contributed by atoms with E-state index in [-0.39, 0.29) is 4.90 Å². The van der Waals surface area contributed by atoms with Crippen LogP contribution in [0.3, 0.4) is 0 Å². The van der Waals surface area contributed by atoms with Gasteiger partial charge in [0, 0.05) is 17.9 Å². The van der Waals surface area contributed by atoms with Crippen molar-refractivity contribution in [2.24, 2.45) is 0 Å². The van der Waals surface area contributed by atoms with Crippen LogP contribution in [0.2, 0.25) is 5.02 Å². The fourth-order valence-corrected chi connectivity index (χ4v) is 5.07. The Labute approximate surface area is 186 Å². The van der Waals surface area contributed by atoms with Crippen LogP contribution in [0, 0.1) is 13.8 Å². The minimum atomic E-state index is -3.51.